The van der Waals surface area contributed by atoms with E-state index in [1.165, 1.54) is 11.1 Å². The van der Waals surface area contributed by atoms with Gasteiger partial charge in [-0.15, -0.1) is 0 Å². The molecule has 26 heavy (non-hydrogen) atoms. The molecule has 0 spiro atoms. The van der Waals surface area contributed by atoms with Gasteiger partial charge in [-0.2, -0.15) is 5.10 Å². The summed E-state index contributed by atoms with van der Waals surface area (Å²) < 4.78 is 1.81. The zero-order chi connectivity index (χ0) is 17.8. The molecular formula is C22H19N4. The standard InChI is InChI=1S/C22H19N4/c1-17(14-18-6-3-2-4-7-18)16-24-20-9-5-8-19(15-20)21-10-12-23-22-11-13-25-26(21)22/h2-10,12-15,24H,16H2,1H3/b17-14+. The van der Waals surface area contributed by atoms with Crippen LogP contribution in [-0.2, 0) is 0 Å². The average molecular weight is 339 g/mol. The predicted molar refractivity (Wildman–Crippen MR) is 106 cm³/mol. The fourth-order valence-electron chi connectivity index (χ4n) is 2.91. The van der Waals surface area contributed by atoms with E-state index in [-0.39, 0.29) is 0 Å². The van der Waals surface area contributed by atoms with Gasteiger partial charge >= 0.3 is 0 Å². The summed E-state index contributed by atoms with van der Waals surface area (Å²) in [6.45, 7) is 2.93. The van der Waals surface area contributed by atoms with E-state index >= 15 is 0 Å². The van der Waals surface area contributed by atoms with Gasteiger partial charge in [0.2, 0.25) is 0 Å². The molecule has 2 aromatic heterocycles. The van der Waals surface area contributed by atoms with Crippen molar-refractivity contribution >= 4 is 17.4 Å². The first-order valence-electron chi connectivity index (χ1n) is 8.56. The van der Waals surface area contributed by atoms with Crippen LogP contribution in [0.1, 0.15) is 12.5 Å². The Bertz CT molecular complexity index is 1050. The monoisotopic (exact) mass is 339 g/mol. The quantitative estimate of drug-likeness (QED) is 0.572. The molecule has 4 aromatic rings. The number of nitrogens with zero attached hydrogens (tertiary/aromatic N) is 3. The van der Waals surface area contributed by atoms with Gasteiger partial charge in [-0.1, -0.05) is 54.1 Å². The Morgan fingerprint density at radius 1 is 1.12 bits per heavy atom. The molecule has 1 radical (unpaired) electrons. The summed E-state index contributed by atoms with van der Waals surface area (Å²) >= 11 is 0. The first-order chi connectivity index (χ1) is 12.8. The van der Waals surface area contributed by atoms with Crippen molar-refractivity contribution in [3.63, 3.8) is 0 Å². The number of fused-ring (bicyclic) bond motifs is 1. The number of hydrogen-bond acceptors (Lipinski definition) is 3. The van der Waals surface area contributed by atoms with Crippen LogP contribution >= 0.6 is 0 Å². The van der Waals surface area contributed by atoms with E-state index in [1.54, 1.807) is 16.9 Å². The first-order valence-corrected chi connectivity index (χ1v) is 8.56. The molecule has 0 aliphatic heterocycles. The Balaban J connectivity index is 1.53. The molecule has 127 valence electrons. The second kappa shape index (κ2) is 7.23. The third kappa shape index (κ3) is 3.49. The number of rotatable bonds is 5. The zero-order valence-corrected chi connectivity index (χ0v) is 14.6. The molecule has 0 aliphatic rings. The molecule has 0 unspecified atom stereocenters. The third-order valence-electron chi connectivity index (χ3n) is 4.17. The molecule has 0 saturated heterocycles. The Hall–Kier alpha value is -3.40. The highest BCUT2D eigenvalue weighted by Gasteiger charge is 2.06. The number of aromatic nitrogens is 3. The van der Waals surface area contributed by atoms with Crippen LogP contribution in [0.3, 0.4) is 0 Å². The van der Waals surface area contributed by atoms with Crippen LogP contribution in [0.4, 0.5) is 5.69 Å². The summed E-state index contributed by atoms with van der Waals surface area (Å²) in [5.74, 6) is 0. The highest BCUT2D eigenvalue weighted by atomic mass is 15.2. The molecule has 0 saturated carbocycles. The zero-order valence-electron chi connectivity index (χ0n) is 14.6. The Morgan fingerprint density at radius 2 is 2.00 bits per heavy atom. The average Bonchev–Trinajstić information content (AvgIpc) is 3.16. The number of anilines is 1. The van der Waals surface area contributed by atoms with Crippen molar-refractivity contribution in [3.05, 3.63) is 90.3 Å². The van der Waals surface area contributed by atoms with Gasteiger partial charge in [-0.05, 0) is 30.7 Å². The lowest BCUT2D eigenvalue weighted by atomic mass is 10.1. The van der Waals surface area contributed by atoms with E-state index in [0.29, 0.717) is 0 Å². The second-order valence-corrected chi connectivity index (χ2v) is 6.19. The maximum atomic E-state index is 4.31. The van der Waals surface area contributed by atoms with Gasteiger partial charge < -0.3 is 5.32 Å². The molecular weight excluding hydrogens is 320 g/mol. The van der Waals surface area contributed by atoms with Crippen LogP contribution in [0.2, 0.25) is 0 Å². The molecule has 0 aliphatic carbocycles. The summed E-state index contributed by atoms with van der Waals surface area (Å²) in [5, 5.41) is 7.81. The Labute approximate surface area is 152 Å². The number of benzene rings is 2. The van der Waals surface area contributed by atoms with Gasteiger partial charge in [0.05, 0.1) is 18.0 Å². The molecule has 0 atom stereocenters. The van der Waals surface area contributed by atoms with Crippen molar-refractivity contribution in [2.75, 3.05) is 11.9 Å². The van der Waals surface area contributed by atoms with Gasteiger partial charge in [0, 0.05) is 24.0 Å². The van der Waals surface area contributed by atoms with E-state index in [9.17, 15) is 0 Å². The largest absolute Gasteiger partial charge is 0.381 e. The van der Waals surface area contributed by atoms with E-state index < -0.39 is 0 Å². The topological polar surface area (TPSA) is 42.2 Å². The lowest BCUT2D eigenvalue weighted by molar-refractivity contribution is 0.948. The third-order valence-corrected chi connectivity index (χ3v) is 4.17. The minimum Gasteiger partial charge on any atom is -0.381 e. The Morgan fingerprint density at radius 3 is 2.88 bits per heavy atom. The minimum atomic E-state index is 0.725. The highest BCUT2D eigenvalue weighted by Crippen LogP contribution is 2.22. The molecule has 2 aromatic carbocycles. The minimum absolute atomic E-state index is 0.725. The molecule has 1 N–H and O–H groups in total. The molecule has 4 rings (SSSR count). The summed E-state index contributed by atoms with van der Waals surface area (Å²) in [6, 6.07) is 23.7. The normalized spacial score (nSPS) is 11.7. The highest BCUT2D eigenvalue weighted by molar-refractivity contribution is 5.67. The summed E-state index contributed by atoms with van der Waals surface area (Å²) in [6.07, 6.45) is 5.63. The van der Waals surface area contributed by atoms with Crippen molar-refractivity contribution < 1.29 is 0 Å². The van der Waals surface area contributed by atoms with Crippen LogP contribution in [0.5, 0.6) is 0 Å². The lowest BCUT2D eigenvalue weighted by Crippen LogP contribution is -2.03. The number of nitrogens with one attached hydrogen (secondary N) is 1. The molecule has 4 heteroatoms. The second-order valence-electron chi connectivity index (χ2n) is 6.19. The van der Waals surface area contributed by atoms with Crippen molar-refractivity contribution in [2.45, 2.75) is 6.92 Å². The van der Waals surface area contributed by atoms with Crippen LogP contribution in [0, 0.1) is 6.07 Å². The molecule has 0 fully saturated rings. The summed E-state index contributed by atoms with van der Waals surface area (Å²) in [5.41, 5.74) is 6.37. The van der Waals surface area contributed by atoms with Crippen molar-refractivity contribution in [3.8, 4) is 11.3 Å². The van der Waals surface area contributed by atoms with E-state index in [4.69, 9.17) is 0 Å². The first kappa shape index (κ1) is 16.1. The van der Waals surface area contributed by atoms with Crippen LogP contribution < -0.4 is 5.32 Å². The molecule has 2 heterocycles. The predicted octanol–water partition coefficient (Wildman–Crippen LogP) is 4.71. The van der Waals surface area contributed by atoms with E-state index in [2.05, 4.69) is 76.9 Å². The van der Waals surface area contributed by atoms with Crippen LogP contribution in [0.25, 0.3) is 23.0 Å². The van der Waals surface area contributed by atoms with Gasteiger partial charge in [-0.3, -0.25) is 0 Å². The number of hydrogen-bond donors (Lipinski definition) is 1. The fourth-order valence-corrected chi connectivity index (χ4v) is 2.91. The molecule has 4 nitrogen and oxygen atoms in total. The van der Waals surface area contributed by atoms with Crippen molar-refractivity contribution in [1.82, 2.24) is 14.6 Å². The maximum Gasteiger partial charge on any atom is 0.163 e. The molecule has 0 amide bonds. The van der Waals surface area contributed by atoms with Gasteiger partial charge in [0.15, 0.2) is 5.65 Å². The van der Waals surface area contributed by atoms with Gasteiger partial charge in [0.25, 0.3) is 0 Å². The summed E-state index contributed by atoms with van der Waals surface area (Å²) in [7, 11) is 0. The van der Waals surface area contributed by atoms with Gasteiger partial charge in [0.1, 0.15) is 0 Å². The van der Waals surface area contributed by atoms with Crippen LogP contribution in [-0.4, -0.2) is 21.1 Å². The van der Waals surface area contributed by atoms with Crippen molar-refractivity contribution in [1.29, 1.82) is 0 Å². The maximum absolute atomic E-state index is 4.31. The summed E-state index contributed by atoms with van der Waals surface area (Å²) in [4.78, 5) is 4.27. The van der Waals surface area contributed by atoms with Gasteiger partial charge in [-0.25, -0.2) is 9.50 Å². The van der Waals surface area contributed by atoms with E-state index in [1.807, 2.05) is 18.2 Å². The lowest BCUT2D eigenvalue weighted by Gasteiger charge is -2.10. The fraction of sp³-hybridized carbons (Fsp3) is 0.0909. The van der Waals surface area contributed by atoms with E-state index in [0.717, 1.165) is 29.1 Å². The Kier molecular flexibility index (Phi) is 4.48. The van der Waals surface area contributed by atoms with Crippen molar-refractivity contribution in [2.24, 2.45) is 0 Å². The smallest absolute Gasteiger partial charge is 0.163 e. The molecule has 0 bridgehead atoms. The SMILES string of the molecule is C/C(=C\c1ccccc1)CNc1cccc(-c2ccnc3[c]cnn23)c1. The van der Waals surface area contributed by atoms with Crippen LogP contribution in [0.15, 0.2) is 78.6 Å².